The van der Waals surface area contributed by atoms with Crippen LogP contribution in [-0.2, 0) is 17.9 Å². The van der Waals surface area contributed by atoms with Gasteiger partial charge in [0, 0.05) is 55.8 Å². The highest BCUT2D eigenvalue weighted by atomic mass is 16.3. The van der Waals surface area contributed by atoms with Gasteiger partial charge >= 0.3 is 0 Å². The second-order valence-electron chi connectivity index (χ2n) is 8.96. The van der Waals surface area contributed by atoms with Gasteiger partial charge in [0.1, 0.15) is 0 Å². The number of nitrogens with one attached hydrogen (secondary N) is 1. The van der Waals surface area contributed by atoms with Crippen molar-refractivity contribution in [3.05, 3.63) is 100 Å². The monoisotopic (exact) mass is 444 g/mol. The van der Waals surface area contributed by atoms with Gasteiger partial charge in [0.05, 0.1) is 18.0 Å². The number of amides is 1. The number of benzene rings is 1. The van der Waals surface area contributed by atoms with Gasteiger partial charge in [-0.15, -0.1) is 0 Å². The van der Waals surface area contributed by atoms with Crippen molar-refractivity contribution in [3.63, 3.8) is 0 Å². The van der Waals surface area contributed by atoms with Crippen molar-refractivity contribution < 1.29 is 9.90 Å². The Morgan fingerprint density at radius 2 is 1.97 bits per heavy atom. The molecule has 2 aliphatic rings. The normalized spacial score (nSPS) is 24.8. The average Bonchev–Trinajstić information content (AvgIpc) is 3.04. The Labute approximate surface area is 192 Å². The molecule has 4 heterocycles. The van der Waals surface area contributed by atoms with E-state index in [4.69, 9.17) is 0 Å². The summed E-state index contributed by atoms with van der Waals surface area (Å²) in [6, 6.07) is 18.4. The molecule has 5 atom stereocenters. The first kappa shape index (κ1) is 21.6. The van der Waals surface area contributed by atoms with Gasteiger partial charge < -0.3 is 15.0 Å². The van der Waals surface area contributed by atoms with E-state index in [2.05, 4.69) is 15.2 Å². The number of aromatic nitrogens is 2. The summed E-state index contributed by atoms with van der Waals surface area (Å²) in [5.41, 5.74) is 2.82. The number of aliphatic hydroxyl groups excluding tert-OH is 1. The molecule has 3 aromatic rings. The van der Waals surface area contributed by atoms with Crippen LogP contribution in [0.15, 0.2) is 77.9 Å². The van der Waals surface area contributed by atoms with Crippen LogP contribution < -0.4 is 10.9 Å². The Kier molecular flexibility index (Phi) is 5.83. The number of aliphatic hydroxyl groups is 1. The van der Waals surface area contributed by atoms with E-state index < -0.39 is 5.92 Å². The van der Waals surface area contributed by atoms with Gasteiger partial charge in [-0.05, 0) is 30.2 Å². The summed E-state index contributed by atoms with van der Waals surface area (Å²) in [4.78, 5) is 32.8. The third-order valence-electron chi connectivity index (χ3n) is 7.09. The van der Waals surface area contributed by atoms with Gasteiger partial charge in [0.25, 0.3) is 5.56 Å². The minimum Gasteiger partial charge on any atom is -0.396 e. The molecular weight excluding hydrogens is 416 g/mol. The van der Waals surface area contributed by atoms with E-state index in [1.165, 1.54) is 0 Å². The van der Waals surface area contributed by atoms with Crippen molar-refractivity contribution in [1.29, 1.82) is 0 Å². The van der Waals surface area contributed by atoms with Crippen LogP contribution in [0.4, 0.5) is 0 Å². The molecule has 1 saturated heterocycles. The summed E-state index contributed by atoms with van der Waals surface area (Å²) in [5, 5.41) is 13.6. The average molecular weight is 445 g/mol. The lowest BCUT2D eigenvalue weighted by Crippen LogP contribution is -2.45. The summed E-state index contributed by atoms with van der Waals surface area (Å²) in [7, 11) is 0. The van der Waals surface area contributed by atoms with Crippen molar-refractivity contribution in [2.45, 2.75) is 38.1 Å². The molecular formula is C26H28N4O3. The molecule has 2 aliphatic heterocycles. The summed E-state index contributed by atoms with van der Waals surface area (Å²) in [5.74, 6) is -0.855. The van der Waals surface area contributed by atoms with Crippen LogP contribution in [0.2, 0.25) is 0 Å². The highest BCUT2D eigenvalue weighted by Crippen LogP contribution is 2.49. The Morgan fingerprint density at radius 3 is 2.70 bits per heavy atom. The fourth-order valence-electron chi connectivity index (χ4n) is 5.53. The Morgan fingerprint density at radius 1 is 1.15 bits per heavy atom. The lowest BCUT2D eigenvalue weighted by Gasteiger charge is -2.38. The molecule has 0 aliphatic carbocycles. The molecule has 1 fully saturated rings. The molecule has 2 N–H and O–H groups in total. The zero-order chi connectivity index (χ0) is 22.9. The fourth-order valence-corrected chi connectivity index (χ4v) is 5.53. The summed E-state index contributed by atoms with van der Waals surface area (Å²) < 4.78 is 1.77. The third-order valence-corrected chi connectivity index (χ3v) is 7.09. The standard InChI is InChI=1S/C26H28N4O3/c1-17(19-8-3-2-4-9-19)28-26(33)24-20(16-31)22-15-29-21(10-5-11-23(29)32)25(24)30(22)14-18-7-6-12-27-13-18/h2-13,17,20,22,24-25,31H,14-16H2,1H3,(H,28,33)/t17-,20-,22-,24+,25+/m1/s1. The van der Waals surface area contributed by atoms with E-state index in [-0.39, 0.29) is 42.1 Å². The second-order valence-corrected chi connectivity index (χ2v) is 8.96. The SMILES string of the molecule is C[C@@H](NC(=O)[C@H]1[C@H](CO)[C@H]2Cn3c(cccc3=O)[C@@H]1N2Cc1cccnc1)c1ccccc1. The maximum absolute atomic E-state index is 13.7. The zero-order valence-corrected chi connectivity index (χ0v) is 18.5. The quantitative estimate of drug-likeness (QED) is 0.609. The van der Waals surface area contributed by atoms with E-state index in [0.717, 1.165) is 16.8 Å². The van der Waals surface area contributed by atoms with E-state index in [1.807, 2.05) is 61.7 Å². The van der Waals surface area contributed by atoms with Crippen molar-refractivity contribution in [2.75, 3.05) is 6.61 Å². The van der Waals surface area contributed by atoms with Gasteiger partial charge in [-0.25, -0.2) is 0 Å². The van der Waals surface area contributed by atoms with Crippen LogP contribution in [0.1, 0.15) is 35.8 Å². The first-order valence-corrected chi connectivity index (χ1v) is 11.4. The Bertz CT molecular complexity index is 1180. The minimum absolute atomic E-state index is 0.0704. The largest absolute Gasteiger partial charge is 0.396 e. The molecule has 0 saturated carbocycles. The summed E-state index contributed by atoms with van der Waals surface area (Å²) >= 11 is 0. The molecule has 5 rings (SSSR count). The van der Waals surface area contributed by atoms with Gasteiger partial charge in [0.15, 0.2) is 0 Å². The number of nitrogens with zero attached hydrogens (tertiary/aromatic N) is 3. The van der Waals surface area contributed by atoms with Crippen LogP contribution >= 0.6 is 0 Å². The van der Waals surface area contributed by atoms with Crippen molar-refractivity contribution >= 4 is 5.91 Å². The highest BCUT2D eigenvalue weighted by molar-refractivity contribution is 5.81. The van der Waals surface area contributed by atoms with E-state index >= 15 is 0 Å². The predicted molar refractivity (Wildman–Crippen MR) is 124 cm³/mol. The van der Waals surface area contributed by atoms with Crippen LogP contribution in [0, 0.1) is 11.8 Å². The van der Waals surface area contributed by atoms with Crippen molar-refractivity contribution in [2.24, 2.45) is 11.8 Å². The third kappa shape index (κ3) is 3.87. The first-order valence-electron chi connectivity index (χ1n) is 11.4. The molecule has 2 aromatic heterocycles. The Hall–Kier alpha value is -3.29. The van der Waals surface area contributed by atoms with Gasteiger partial charge in [-0.2, -0.15) is 0 Å². The lowest BCUT2D eigenvalue weighted by molar-refractivity contribution is -0.128. The van der Waals surface area contributed by atoms with E-state index in [9.17, 15) is 14.7 Å². The second kappa shape index (κ2) is 8.92. The maximum atomic E-state index is 13.7. The number of fused-ring (bicyclic) bond motifs is 4. The van der Waals surface area contributed by atoms with Crippen molar-refractivity contribution in [3.8, 4) is 0 Å². The molecule has 0 spiro atoms. The number of rotatable bonds is 6. The van der Waals surface area contributed by atoms with Gasteiger partial charge in [-0.3, -0.25) is 19.5 Å². The van der Waals surface area contributed by atoms with Crippen LogP contribution in [0.5, 0.6) is 0 Å². The van der Waals surface area contributed by atoms with E-state index in [1.54, 1.807) is 22.9 Å². The highest BCUT2D eigenvalue weighted by Gasteiger charge is 2.55. The summed E-state index contributed by atoms with van der Waals surface area (Å²) in [6.45, 7) is 2.90. The van der Waals surface area contributed by atoms with Gasteiger partial charge in [0.2, 0.25) is 5.91 Å². The molecule has 33 heavy (non-hydrogen) atoms. The molecule has 7 nitrogen and oxygen atoms in total. The molecule has 7 heteroatoms. The molecule has 1 amide bonds. The van der Waals surface area contributed by atoms with Gasteiger partial charge in [-0.1, -0.05) is 42.5 Å². The fraction of sp³-hybridized carbons (Fsp3) is 0.346. The zero-order valence-electron chi connectivity index (χ0n) is 18.5. The smallest absolute Gasteiger partial charge is 0.250 e. The molecule has 0 radical (unpaired) electrons. The van der Waals surface area contributed by atoms with Crippen LogP contribution in [0.3, 0.4) is 0 Å². The van der Waals surface area contributed by atoms with Crippen LogP contribution in [-0.4, -0.2) is 38.1 Å². The maximum Gasteiger partial charge on any atom is 0.250 e. The number of carbonyl (C=O) groups excluding carboxylic acids is 1. The minimum atomic E-state index is -0.474. The van der Waals surface area contributed by atoms with E-state index in [0.29, 0.717) is 13.1 Å². The van der Waals surface area contributed by atoms with Crippen molar-refractivity contribution in [1.82, 2.24) is 19.8 Å². The molecule has 1 aromatic carbocycles. The molecule has 2 bridgehead atoms. The molecule has 0 unspecified atom stereocenters. The topological polar surface area (TPSA) is 87.5 Å². The number of pyridine rings is 2. The number of hydrogen-bond donors (Lipinski definition) is 2. The summed E-state index contributed by atoms with van der Waals surface area (Å²) in [6.07, 6.45) is 3.56. The number of hydrogen-bond acceptors (Lipinski definition) is 5. The van der Waals surface area contributed by atoms with Crippen LogP contribution in [0.25, 0.3) is 0 Å². The predicted octanol–water partition coefficient (Wildman–Crippen LogP) is 2.28. The lowest BCUT2D eigenvalue weighted by atomic mass is 9.86. The number of carbonyl (C=O) groups is 1. The Balaban J connectivity index is 1.52. The first-order chi connectivity index (χ1) is 16.1. The molecule has 170 valence electrons.